The molecule has 0 spiro atoms. The second-order valence-corrected chi connectivity index (χ2v) is 6.51. The molecule has 134 valence electrons. The maximum Gasteiger partial charge on any atom is 0.286 e. The second kappa shape index (κ2) is 8.44. The van der Waals surface area contributed by atoms with Crippen LogP contribution in [0, 0.1) is 6.92 Å². The fourth-order valence-corrected chi connectivity index (χ4v) is 3.27. The van der Waals surface area contributed by atoms with Gasteiger partial charge >= 0.3 is 0 Å². The van der Waals surface area contributed by atoms with Gasteiger partial charge in [-0.25, -0.2) is 4.98 Å². The average Bonchev–Trinajstić information content (AvgIpc) is 3.32. The van der Waals surface area contributed by atoms with Gasteiger partial charge in [0.15, 0.2) is 10.9 Å². The summed E-state index contributed by atoms with van der Waals surface area (Å²) in [4.78, 5) is 30.7. The van der Waals surface area contributed by atoms with E-state index >= 15 is 0 Å². The zero-order chi connectivity index (χ0) is 18.4. The van der Waals surface area contributed by atoms with Crippen LogP contribution in [0.25, 0.3) is 0 Å². The summed E-state index contributed by atoms with van der Waals surface area (Å²) >= 11 is 1.44. The summed E-state index contributed by atoms with van der Waals surface area (Å²) in [5.74, 6) is -0.0730. The number of benzene rings is 1. The molecule has 0 aliphatic carbocycles. The van der Waals surface area contributed by atoms with E-state index in [1.807, 2.05) is 42.6 Å². The quantitative estimate of drug-likeness (QED) is 0.641. The SMILES string of the molecule is Cc1csc(N(C(=O)CCCNC(=O)c2ccco2)c2ccccc2)n1. The fraction of sp³-hybridized carbons (Fsp3) is 0.211. The third-order valence-electron chi connectivity index (χ3n) is 3.66. The Morgan fingerprint density at radius 2 is 2.00 bits per heavy atom. The minimum atomic E-state index is -0.280. The van der Waals surface area contributed by atoms with Crippen molar-refractivity contribution in [3.8, 4) is 0 Å². The van der Waals surface area contributed by atoms with Crippen LogP contribution in [0.15, 0.2) is 58.5 Å². The van der Waals surface area contributed by atoms with Gasteiger partial charge in [0.25, 0.3) is 5.91 Å². The highest BCUT2D eigenvalue weighted by atomic mass is 32.1. The molecule has 0 aliphatic rings. The van der Waals surface area contributed by atoms with E-state index in [1.165, 1.54) is 17.6 Å². The molecule has 2 amide bonds. The molecule has 0 radical (unpaired) electrons. The number of anilines is 2. The summed E-state index contributed by atoms with van der Waals surface area (Å²) < 4.78 is 5.04. The van der Waals surface area contributed by atoms with Gasteiger partial charge in [-0.15, -0.1) is 11.3 Å². The number of hydrogen-bond donors (Lipinski definition) is 1. The van der Waals surface area contributed by atoms with E-state index in [0.29, 0.717) is 24.5 Å². The van der Waals surface area contributed by atoms with Crippen molar-refractivity contribution in [2.75, 3.05) is 11.4 Å². The summed E-state index contributed by atoms with van der Waals surface area (Å²) in [7, 11) is 0. The van der Waals surface area contributed by atoms with Crippen molar-refractivity contribution < 1.29 is 14.0 Å². The number of aryl methyl sites for hydroxylation is 1. The first-order valence-electron chi connectivity index (χ1n) is 8.27. The topological polar surface area (TPSA) is 75.4 Å². The number of rotatable bonds is 7. The first-order chi connectivity index (χ1) is 12.6. The molecule has 1 N–H and O–H groups in total. The normalized spacial score (nSPS) is 10.5. The molecule has 7 heteroatoms. The molecule has 0 saturated carbocycles. The Kier molecular flexibility index (Phi) is 5.80. The molecule has 0 unspecified atom stereocenters. The third-order valence-corrected chi connectivity index (χ3v) is 4.60. The van der Waals surface area contributed by atoms with Crippen molar-refractivity contribution in [2.45, 2.75) is 19.8 Å². The maximum atomic E-state index is 12.8. The van der Waals surface area contributed by atoms with Crippen LogP contribution in [-0.4, -0.2) is 23.3 Å². The minimum Gasteiger partial charge on any atom is -0.459 e. The predicted molar refractivity (Wildman–Crippen MR) is 101 cm³/mol. The first kappa shape index (κ1) is 17.9. The molecule has 6 nitrogen and oxygen atoms in total. The molecule has 0 atom stereocenters. The van der Waals surface area contributed by atoms with E-state index in [0.717, 1.165) is 11.4 Å². The summed E-state index contributed by atoms with van der Waals surface area (Å²) in [6.45, 7) is 2.29. The molecule has 0 aliphatic heterocycles. The van der Waals surface area contributed by atoms with E-state index in [2.05, 4.69) is 10.3 Å². The van der Waals surface area contributed by atoms with Gasteiger partial charge < -0.3 is 9.73 Å². The van der Waals surface area contributed by atoms with Gasteiger partial charge in [-0.05, 0) is 37.6 Å². The smallest absolute Gasteiger partial charge is 0.286 e. The van der Waals surface area contributed by atoms with Gasteiger partial charge in [0, 0.05) is 18.3 Å². The lowest BCUT2D eigenvalue weighted by Gasteiger charge is -2.20. The van der Waals surface area contributed by atoms with Gasteiger partial charge in [0.05, 0.1) is 17.6 Å². The minimum absolute atomic E-state index is 0.0576. The number of carbonyl (C=O) groups is 2. The first-order valence-corrected chi connectivity index (χ1v) is 9.15. The Hall–Kier alpha value is -2.93. The van der Waals surface area contributed by atoms with E-state index < -0.39 is 0 Å². The highest BCUT2D eigenvalue weighted by Crippen LogP contribution is 2.29. The molecule has 0 fully saturated rings. The Morgan fingerprint density at radius 3 is 2.65 bits per heavy atom. The number of carbonyl (C=O) groups excluding carboxylic acids is 2. The Balaban J connectivity index is 1.60. The predicted octanol–water partition coefficient (Wildman–Crippen LogP) is 3.92. The molecule has 0 bridgehead atoms. The maximum absolute atomic E-state index is 12.8. The zero-order valence-corrected chi connectivity index (χ0v) is 15.2. The number of para-hydroxylation sites is 1. The van der Waals surface area contributed by atoms with Crippen LogP contribution >= 0.6 is 11.3 Å². The van der Waals surface area contributed by atoms with Crippen molar-refractivity contribution in [1.29, 1.82) is 0 Å². The van der Waals surface area contributed by atoms with Gasteiger partial charge in [0.2, 0.25) is 5.91 Å². The van der Waals surface area contributed by atoms with Crippen molar-refractivity contribution in [3.63, 3.8) is 0 Å². The van der Waals surface area contributed by atoms with E-state index in [4.69, 9.17) is 4.42 Å². The molecule has 3 rings (SSSR count). The van der Waals surface area contributed by atoms with Crippen LogP contribution < -0.4 is 10.2 Å². The summed E-state index contributed by atoms with van der Waals surface area (Å²) in [6, 6.07) is 12.7. The number of nitrogens with one attached hydrogen (secondary N) is 1. The molecule has 26 heavy (non-hydrogen) atoms. The highest BCUT2D eigenvalue weighted by Gasteiger charge is 2.20. The second-order valence-electron chi connectivity index (χ2n) is 5.67. The number of nitrogens with zero attached hydrogens (tertiary/aromatic N) is 2. The lowest BCUT2D eigenvalue weighted by atomic mass is 10.2. The van der Waals surface area contributed by atoms with Crippen molar-refractivity contribution in [2.24, 2.45) is 0 Å². The van der Waals surface area contributed by atoms with Crippen molar-refractivity contribution in [3.05, 3.63) is 65.6 Å². The number of hydrogen-bond acceptors (Lipinski definition) is 5. The Bertz CT molecular complexity index is 859. The van der Waals surface area contributed by atoms with Gasteiger partial charge in [-0.1, -0.05) is 18.2 Å². The van der Waals surface area contributed by atoms with Crippen molar-refractivity contribution >= 4 is 34.0 Å². The molecule has 0 saturated heterocycles. The monoisotopic (exact) mass is 369 g/mol. The summed E-state index contributed by atoms with van der Waals surface area (Å²) in [6.07, 6.45) is 2.27. The molecular weight excluding hydrogens is 350 g/mol. The molecular formula is C19H19N3O3S. The van der Waals surface area contributed by atoms with Crippen LogP contribution in [0.4, 0.5) is 10.8 Å². The standard InChI is InChI=1S/C19H19N3O3S/c1-14-13-26-19(21-14)22(15-7-3-2-4-8-15)17(23)10-5-11-20-18(24)16-9-6-12-25-16/h2-4,6-9,12-13H,5,10-11H2,1H3,(H,20,24). The molecule has 2 aromatic heterocycles. The van der Waals surface area contributed by atoms with Crippen LogP contribution in [0.5, 0.6) is 0 Å². The zero-order valence-electron chi connectivity index (χ0n) is 14.3. The highest BCUT2D eigenvalue weighted by molar-refractivity contribution is 7.14. The molecule has 1 aromatic carbocycles. The van der Waals surface area contributed by atoms with E-state index in [-0.39, 0.29) is 17.6 Å². The van der Waals surface area contributed by atoms with Crippen molar-refractivity contribution in [1.82, 2.24) is 10.3 Å². The third kappa shape index (κ3) is 4.37. The Labute approximate surface area is 155 Å². The van der Waals surface area contributed by atoms with Gasteiger partial charge in [0.1, 0.15) is 0 Å². The number of aromatic nitrogens is 1. The summed E-state index contributed by atoms with van der Waals surface area (Å²) in [5, 5.41) is 5.32. The number of thiazole rings is 1. The van der Waals surface area contributed by atoms with Crippen LogP contribution in [0.3, 0.4) is 0 Å². The fourth-order valence-electron chi connectivity index (χ4n) is 2.43. The Morgan fingerprint density at radius 1 is 1.19 bits per heavy atom. The number of furan rings is 1. The van der Waals surface area contributed by atoms with Crippen LogP contribution in [0.2, 0.25) is 0 Å². The number of amides is 2. The van der Waals surface area contributed by atoms with Gasteiger partial charge in [-0.2, -0.15) is 0 Å². The lowest BCUT2D eigenvalue weighted by Crippen LogP contribution is -2.28. The van der Waals surface area contributed by atoms with E-state index in [1.54, 1.807) is 17.0 Å². The lowest BCUT2D eigenvalue weighted by molar-refractivity contribution is -0.118. The van der Waals surface area contributed by atoms with Crippen LogP contribution in [0.1, 0.15) is 29.1 Å². The molecule has 3 aromatic rings. The summed E-state index contributed by atoms with van der Waals surface area (Å²) in [5.41, 5.74) is 1.66. The van der Waals surface area contributed by atoms with Crippen LogP contribution in [-0.2, 0) is 4.79 Å². The van der Waals surface area contributed by atoms with Gasteiger partial charge in [-0.3, -0.25) is 14.5 Å². The van der Waals surface area contributed by atoms with E-state index in [9.17, 15) is 9.59 Å². The largest absolute Gasteiger partial charge is 0.459 e. The average molecular weight is 369 g/mol. The molecule has 2 heterocycles.